The van der Waals surface area contributed by atoms with Gasteiger partial charge in [-0.15, -0.1) is 0 Å². The molecule has 0 saturated heterocycles. The summed E-state index contributed by atoms with van der Waals surface area (Å²) in [6, 6.07) is 0. The molecule has 1 heteroatoms. The predicted octanol–water partition coefficient (Wildman–Crippen LogP) is 2.57. The van der Waals surface area contributed by atoms with Crippen LogP contribution < -0.4 is 0 Å². The van der Waals surface area contributed by atoms with E-state index in [9.17, 15) is 4.79 Å². The van der Waals surface area contributed by atoms with Crippen molar-refractivity contribution < 1.29 is 4.79 Å². The van der Waals surface area contributed by atoms with Crippen LogP contribution in [0.3, 0.4) is 0 Å². The van der Waals surface area contributed by atoms with Crippen molar-refractivity contribution in [2.45, 2.75) is 33.1 Å². The van der Waals surface area contributed by atoms with Crippen LogP contribution in [0.4, 0.5) is 0 Å². The highest BCUT2D eigenvalue weighted by Gasteiger charge is 2.26. The van der Waals surface area contributed by atoms with E-state index in [1.807, 2.05) is 0 Å². The Labute approximate surface area is 68.5 Å². The van der Waals surface area contributed by atoms with E-state index < -0.39 is 0 Å². The van der Waals surface area contributed by atoms with Crippen molar-refractivity contribution in [1.29, 1.82) is 0 Å². The van der Waals surface area contributed by atoms with Crippen LogP contribution in [-0.2, 0) is 4.79 Å². The fourth-order valence-corrected chi connectivity index (χ4v) is 1.69. The summed E-state index contributed by atoms with van der Waals surface area (Å²) in [7, 11) is 0. The first-order valence-corrected chi connectivity index (χ1v) is 4.30. The topological polar surface area (TPSA) is 17.1 Å². The molecule has 1 fully saturated rings. The Balaban J connectivity index is 2.57. The third kappa shape index (κ3) is 1.92. The SMILES string of the molecule is C=C1CCC(C(C)C)C(=O)C1. The highest BCUT2D eigenvalue weighted by Crippen LogP contribution is 2.28. The van der Waals surface area contributed by atoms with Crippen molar-refractivity contribution in [3.63, 3.8) is 0 Å². The van der Waals surface area contributed by atoms with Gasteiger partial charge in [0.05, 0.1) is 0 Å². The maximum absolute atomic E-state index is 11.4. The van der Waals surface area contributed by atoms with Crippen molar-refractivity contribution >= 4 is 5.78 Å². The van der Waals surface area contributed by atoms with Gasteiger partial charge in [0.25, 0.3) is 0 Å². The first kappa shape index (κ1) is 8.51. The first-order chi connectivity index (χ1) is 5.11. The first-order valence-electron chi connectivity index (χ1n) is 4.30. The summed E-state index contributed by atoms with van der Waals surface area (Å²) in [6.07, 6.45) is 2.70. The van der Waals surface area contributed by atoms with Gasteiger partial charge in [-0.2, -0.15) is 0 Å². The van der Waals surface area contributed by atoms with E-state index in [1.165, 1.54) is 0 Å². The summed E-state index contributed by atoms with van der Waals surface area (Å²) >= 11 is 0. The zero-order valence-corrected chi connectivity index (χ0v) is 7.39. The maximum Gasteiger partial charge on any atom is 0.140 e. The number of hydrogen-bond acceptors (Lipinski definition) is 1. The molecule has 1 saturated carbocycles. The van der Waals surface area contributed by atoms with Gasteiger partial charge in [0.1, 0.15) is 5.78 Å². The lowest BCUT2D eigenvalue weighted by molar-refractivity contribution is -0.124. The molecule has 0 amide bonds. The monoisotopic (exact) mass is 152 g/mol. The van der Waals surface area contributed by atoms with E-state index in [0.717, 1.165) is 18.4 Å². The second-order valence-corrected chi connectivity index (χ2v) is 3.78. The highest BCUT2D eigenvalue weighted by atomic mass is 16.1. The van der Waals surface area contributed by atoms with E-state index in [1.54, 1.807) is 0 Å². The van der Waals surface area contributed by atoms with E-state index in [-0.39, 0.29) is 0 Å². The normalized spacial score (nSPS) is 26.3. The lowest BCUT2D eigenvalue weighted by Crippen LogP contribution is -2.24. The van der Waals surface area contributed by atoms with Crippen LogP contribution in [0.25, 0.3) is 0 Å². The van der Waals surface area contributed by atoms with Gasteiger partial charge in [-0.25, -0.2) is 0 Å². The predicted molar refractivity (Wildman–Crippen MR) is 46.3 cm³/mol. The summed E-state index contributed by atoms with van der Waals surface area (Å²) < 4.78 is 0. The van der Waals surface area contributed by atoms with Crippen LogP contribution in [-0.4, -0.2) is 5.78 Å². The molecule has 0 aromatic carbocycles. The van der Waals surface area contributed by atoms with Gasteiger partial charge in [0.15, 0.2) is 0 Å². The summed E-state index contributed by atoms with van der Waals surface area (Å²) in [5.41, 5.74) is 1.12. The molecule has 1 unspecified atom stereocenters. The molecular weight excluding hydrogens is 136 g/mol. The zero-order valence-electron chi connectivity index (χ0n) is 7.39. The lowest BCUT2D eigenvalue weighted by Gasteiger charge is -2.24. The Hall–Kier alpha value is -0.590. The molecule has 1 nitrogen and oxygen atoms in total. The number of carbonyl (C=O) groups excluding carboxylic acids is 1. The molecule has 0 aliphatic heterocycles. The Bertz CT molecular complexity index is 179. The number of rotatable bonds is 1. The van der Waals surface area contributed by atoms with Gasteiger partial charge in [0.2, 0.25) is 0 Å². The highest BCUT2D eigenvalue weighted by molar-refractivity contribution is 5.84. The Morgan fingerprint density at radius 3 is 2.64 bits per heavy atom. The number of carbonyl (C=O) groups is 1. The van der Waals surface area contributed by atoms with E-state index in [4.69, 9.17) is 0 Å². The van der Waals surface area contributed by atoms with Gasteiger partial charge in [0, 0.05) is 12.3 Å². The molecule has 0 aromatic rings. The van der Waals surface area contributed by atoms with Crippen molar-refractivity contribution in [3.8, 4) is 0 Å². The molecule has 0 aromatic heterocycles. The minimum absolute atomic E-state index is 0.306. The molecule has 1 atom stereocenters. The van der Waals surface area contributed by atoms with Gasteiger partial charge in [-0.3, -0.25) is 4.79 Å². The number of ketones is 1. The van der Waals surface area contributed by atoms with E-state index in [0.29, 0.717) is 24.0 Å². The fraction of sp³-hybridized carbons (Fsp3) is 0.700. The smallest absolute Gasteiger partial charge is 0.140 e. The summed E-state index contributed by atoms with van der Waals surface area (Å²) in [4.78, 5) is 11.4. The summed E-state index contributed by atoms with van der Waals surface area (Å²) in [5, 5.41) is 0. The van der Waals surface area contributed by atoms with Crippen LogP contribution >= 0.6 is 0 Å². The molecule has 11 heavy (non-hydrogen) atoms. The zero-order chi connectivity index (χ0) is 8.43. The third-order valence-corrected chi connectivity index (χ3v) is 2.45. The second kappa shape index (κ2) is 3.21. The Morgan fingerprint density at radius 1 is 1.55 bits per heavy atom. The number of hydrogen-bond donors (Lipinski definition) is 0. The molecule has 1 aliphatic rings. The number of allylic oxidation sites excluding steroid dienone is 1. The van der Waals surface area contributed by atoms with Crippen LogP contribution in [0.1, 0.15) is 33.1 Å². The van der Waals surface area contributed by atoms with Gasteiger partial charge >= 0.3 is 0 Å². The molecule has 0 radical (unpaired) electrons. The lowest BCUT2D eigenvalue weighted by atomic mass is 9.79. The molecule has 1 aliphatic carbocycles. The van der Waals surface area contributed by atoms with Crippen LogP contribution in [0.15, 0.2) is 12.2 Å². The van der Waals surface area contributed by atoms with E-state index in [2.05, 4.69) is 20.4 Å². The van der Waals surface area contributed by atoms with Gasteiger partial charge in [-0.05, 0) is 18.8 Å². The van der Waals surface area contributed by atoms with Crippen molar-refractivity contribution in [2.24, 2.45) is 11.8 Å². The fourth-order valence-electron chi connectivity index (χ4n) is 1.69. The Kier molecular flexibility index (Phi) is 2.48. The van der Waals surface area contributed by atoms with Crippen molar-refractivity contribution in [2.75, 3.05) is 0 Å². The molecular formula is C10H16O. The molecule has 0 N–H and O–H groups in total. The van der Waals surface area contributed by atoms with Crippen LogP contribution in [0, 0.1) is 11.8 Å². The second-order valence-electron chi connectivity index (χ2n) is 3.78. The van der Waals surface area contributed by atoms with Crippen LogP contribution in [0.5, 0.6) is 0 Å². The molecule has 0 bridgehead atoms. The standard InChI is InChI=1S/C10H16O/c1-7(2)9-5-4-8(3)6-10(9)11/h7,9H,3-6H2,1-2H3. The average Bonchev–Trinajstić information content (AvgIpc) is 1.85. The number of Topliss-reactive ketones (excluding diaryl/α,β-unsaturated/α-hetero) is 1. The van der Waals surface area contributed by atoms with Gasteiger partial charge in [-0.1, -0.05) is 26.0 Å². The van der Waals surface area contributed by atoms with E-state index >= 15 is 0 Å². The maximum atomic E-state index is 11.4. The summed E-state index contributed by atoms with van der Waals surface area (Å²) in [5.74, 6) is 1.22. The quantitative estimate of drug-likeness (QED) is 0.528. The van der Waals surface area contributed by atoms with Crippen molar-refractivity contribution in [1.82, 2.24) is 0 Å². The molecule has 0 spiro atoms. The average molecular weight is 152 g/mol. The minimum Gasteiger partial charge on any atom is -0.299 e. The molecule has 0 heterocycles. The van der Waals surface area contributed by atoms with Gasteiger partial charge < -0.3 is 0 Å². The van der Waals surface area contributed by atoms with Crippen LogP contribution in [0.2, 0.25) is 0 Å². The minimum atomic E-state index is 0.306. The molecule has 62 valence electrons. The third-order valence-electron chi connectivity index (χ3n) is 2.45. The summed E-state index contributed by atoms with van der Waals surface area (Å²) in [6.45, 7) is 8.08. The molecule has 1 rings (SSSR count). The Morgan fingerprint density at radius 2 is 2.18 bits per heavy atom. The largest absolute Gasteiger partial charge is 0.299 e. The van der Waals surface area contributed by atoms with Crippen molar-refractivity contribution in [3.05, 3.63) is 12.2 Å².